The Labute approximate surface area is 77.7 Å². The van der Waals surface area contributed by atoms with E-state index in [4.69, 9.17) is 4.74 Å². The molecule has 3 nitrogen and oxygen atoms in total. The molecule has 0 saturated heterocycles. The maximum atomic E-state index is 5.04. The van der Waals surface area contributed by atoms with E-state index < -0.39 is 0 Å². The molecule has 2 heterocycles. The van der Waals surface area contributed by atoms with Gasteiger partial charge in [-0.3, -0.25) is 0 Å². The Balaban J connectivity index is 2.46. The van der Waals surface area contributed by atoms with Gasteiger partial charge in [0, 0.05) is 11.6 Å². The summed E-state index contributed by atoms with van der Waals surface area (Å²) in [6, 6.07) is 0. The lowest BCUT2D eigenvalue weighted by molar-refractivity contribution is 0.402. The Bertz CT molecular complexity index is 355. The molecule has 0 spiro atoms. The molecule has 2 rings (SSSR count). The average Bonchev–Trinajstić information content (AvgIpc) is 2.74. The summed E-state index contributed by atoms with van der Waals surface area (Å²) in [4.78, 5) is 9.04. The summed E-state index contributed by atoms with van der Waals surface area (Å²) in [6.07, 6.45) is 1.76. The van der Waals surface area contributed by atoms with Gasteiger partial charge >= 0.3 is 0 Å². The molecule has 0 bridgehead atoms. The summed E-state index contributed by atoms with van der Waals surface area (Å²) >= 11 is 2.99. The molecule has 5 heteroatoms. The van der Waals surface area contributed by atoms with Gasteiger partial charge in [0.2, 0.25) is 5.88 Å². The van der Waals surface area contributed by atoms with Crippen LogP contribution < -0.4 is 4.74 Å². The van der Waals surface area contributed by atoms with E-state index in [2.05, 4.69) is 15.5 Å². The highest BCUT2D eigenvalue weighted by Gasteiger charge is 2.10. The highest BCUT2D eigenvalue weighted by atomic mass is 32.1. The fourth-order valence-electron chi connectivity index (χ4n) is 0.813. The van der Waals surface area contributed by atoms with Crippen LogP contribution in [-0.2, 0) is 0 Å². The van der Waals surface area contributed by atoms with E-state index in [1.54, 1.807) is 24.6 Å². The molecular weight excluding hydrogens is 192 g/mol. The van der Waals surface area contributed by atoms with Crippen LogP contribution in [0, 0.1) is 5.51 Å². The van der Waals surface area contributed by atoms with Crippen molar-refractivity contribution in [3.05, 3.63) is 17.1 Å². The van der Waals surface area contributed by atoms with Gasteiger partial charge in [-0.25, -0.2) is 4.98 Å². The molecule has 0 aromatic carbocycles. The molecule has 0 saturated carbocycles. The van der Waals surface area contributed by atoms with Crippen molar-refractivity contribution in [1.82, 2.24) is 9.97 Å². The molecule has 0 aliphatic carbocycles. The van der Waals surface area contributed by atoms with E-state index in [9.17, 15) is 0 Å². The maximum absolute atomic E-state index is 5.04. The highest BCUT2D eigenvalue weighted by molar-refractivity contribution is 7.19. The first-order valence-electron chi connectivity index (χ1n) is 3.22. The monoisotopic (exact) mass is 197 g/mol. The Kier molecular flexibility index (Phi) is 2.05. The number of thiazole rings is 2. The van der Waals surface area contributed by atoms with Crippen LogP contribution in [0.25, 0.3) is 9.88 Å². The zero-order valence-electron chi connectivity index (χ0n) is 6.27. The molecule has 2 aromatic rings. The Morgan fingerprint density at radius 2 is 2.50 bits per heavy atom. The lowest BCUT2D eigenvalue weighted by Gasteiger charge is -1.94. The lowest BCUT2D eigenvalue weighted by atomic mass is 10.5. The molecule has 0 aliphatic rings. The van der Waals surface area contributed by atoms with Crippen LogP contribution in [0.4, 0.5) is 0 Å². The fraction of sp³-hybridized carbons (Fsp3) is 0.143. The van der Waals surface area contributed by atoms with Crippen molar-refractivity contribution in [2.24, 2.45) is 0 Å². The van der Waals surface area contributed by atoms with Gasteiger partial charge in [-0.2, -0.15) is 4.98 Å². The van der Waals surface area contributed by atoms with E-state index in [1.807, 2.05) is 5.38 Å². The predicted octanol–water partition coefficient (Wildman–Crippen LogP) is 2.08. The molecule has 2 aromatic heterocycles. The lowest BCUT2D eigenvalue weighted by Crippen LogP contribution is -1.83. The standard InChI is InChI=1S/C7H5N2OS2/c1-10-6-5(12-4-9-6)7-8-2-3-11-7/h2-3H,1H3. The first-order valence-corrected chi connectivity index (χ1v) is 4.92. The third-order valence-corrected chi connectivity index (χ3v) is 2.98. The Hall–Kier alpha value is -0.940. The zero-order chi connectivity index (χ0) is 8.39. The van der Waals surface area contributed by atoms with E-state index in [0.717, 1.165) is 9.88 Å². The van der Waals surface area contributed by atoms with E-state index in [-0.39, 0.29) is 0 Å². The van der Waals surface area contributed by atoms with Crippen LogP contribution in [0.1, 0.15) is 0 Å². The second-order valence-corrected chi connectivity index (χ2v) is 3.67. The minimum Gasteiger partial charge on any atom is -0.480 e. The number of rotatable bonds is 2. The fourth-order valence-corrected chi connectivity index (χ4v) is 2.23. The molecule has 0 fully saturated rings. The highest BCUT2D eigenvalue weighted by Crippen LogP contribution is 2.33. The first kappa shape index (κ1) is 7.70. The topological polar surface area (TPSA) is 35.0 Å². The van der Waals surface area contributed by atoms with Gasteiger partial charge in [0.05, 0.1) is 7.11 Å². The van der Waals surface area contributed by atoms with Crippen molar-refractivity contribution in [2.45, 2.75) is 0 Å². The molecule has 0 amide bonds. The van der Waals surface area contributed by atoms with E-state index in [1.165, 1.54) is 11.3 Å². The molecule has 0 N–H and O–H groups in total. The van der Waals surface area contributed by atoms with Gasteiger partial charge in [-0.05, 0) is 0 Å². The van der Waals surface area contributed by atoms with E-state index in [0.29, 0.717) is 5.88 Å². The molecular formula is C7H5N2OS2. The molecule has 0 unspecified atom stereocenters. The molecule has 0 aliphatic heterocycles. The average molecular weight is 197 g/mol. The van der Waals surface area contributed by atoms with Gasteiger partial charge in [-0.1, -0.05) is 0 Å². The number of nitrogens with zero attached hydrogens (tertiary/aromatic N) is 2. The number of aromatic nitrogens is 2. The van der Waals surface area contributed by atoms with Crippen molar-refractivity contribution < 1.29 is 4.74 Å². The van der Waals surface area contributed by atoms with Gasteiger partial charge in [0.25, 0.3) is 0 Å². The van der Waals surface area contributed by atoms with Crippen LogP contribution >= 0.6 is 22.7 Å². The van der Waals surface area contributed by atoms with Crippen LogP contribution in [-0.4, -0.2) is 17.1 Å². The molecule has 61 valence electrons. The Morgan fingerprint density at radius 3 is 3.17 bits per heavy atom. The third-order valence-electron chi connectivity index (χ3n) is 1.31. The minimum atomic E-state index is 0.606. The summed E-state index contributed by atoms with van der Waals surface area (Å²) in [7, 11) is 1.60. The second-order valence-electron chi connectivity index (χ2n) is 1.98. The number of hydrogen-bond acceptors (Lipinski definition) is 5. The van der Waals surface area contributed by atoms with Crippen molar-refractivity contribution >= 4 is 22.7 Å². The van der Waals surface area contributed by atoms with E-state index >= 15 is 0 Å². The van der Waals surface area contributed by atoms with Gasteiger partial charge in [0.1, 0.15) is 9.88 Å². The van der Waals surface area contributed by atoms with Crippen molar-refractivity contribution in [1.29, 1.82) is 0 Å². The van der Waals surface area contributed by atoms with Crippen LogP contribution in [0.5, 0.6) is 5.88 Å². The van der Waals surface area contributed by atoms with Crippen molar-refractivity contribution in [3.63, 3.8) is 0 Å². The summed E-state index contributed by atoms with van der Waals surface area (Å²) in [5, 5.41) is 2.86. The van der Waals surface area contributed by atoms with Crippen LogP contribution in [0.2, 0.25) is 0 Å². The first-order chi connectivity index (χ1) is 5.92. The number of hydrogen-bond donors (Lipinski definition) is 0. The number of methoxy groups -OCH3 is 1. The minimum absolute atomic E-state index is 0.606. The second kappa shape index (κ2) is 3.20. The molecule has 1 radical (unpaired) electrons. The SMILES string of the molecule is COc1n[c]sc1-c1nccs1. The maximum Gasteiger partial charge on any atom is 0.235 e. The van der Waals surface area contributed by atoms with Gasteiger partial charge < -0.3 is 4.74 Å². The summed E-state index contributed by atoms with van der Waals surface area (Å²) in [6.45, 7) is 0. The van der Waals surface area contributed by atoms with Gasteiger partial charge in [-0.15, -0.1) is 22.7 Å². The quantitative estimate of drug-likeness (QED) is 0.739. The largest absolute Gasteiger partial charge is 0.480 e. The normalized spacial score (nSPS) is 10.1. The number of ether oxygens (including phenoxy) is 1. The van der Waals surface area contributed by atoms with Gasteiger partial charge in [0.15, 0.2) is 5.51 Å². The van der Waals surface area contributed by atoms with Crippen LogP contribution in [0.15, 0.2) is 11.6 Å². The summed E-state index contributed by atoms with van der Waals surface area (Å²) in [5.74, 6) is 0.606. The summed E-state index contributed by atoms with van der Waals surface area (Å²) in [5.41, 5.74) is 2.77. The van der Waals surface area contributed by atoms with Crippen molar-refractivity contribution in [3.8, 4) is 15.8 Å². The molecule has 0 atom stereocenters. The predicted molar refractivity (Wildman–Crippen MR) is 48.6 cm³/mol. The Morgan fingerprint density at radius 1 is 1.58 bits per heavy atom. The van der Waals surface area contributed by atoms with Crippen molar-refractivity contribution in [2.75, 3.05) is 7.11 Å². The zero-order valence-corrected chi connectivity index (χ0v) is 7.91. The molecule has 12 heavy (non-hydrogen) atoms. The third kappa shape index (κ3) is 1.21. The smallest absolute Gasteiger partial charge is 0.235 e. The van der Waals surface area contributed by atoms with Crippen LogP contribution in [0.3, 0.4) is 0 Å². The summed E-state index contributed by atoms with van der Waals surface area (Å²) < 4.78 is 5.04.